The number of hydrogen-bond donors (Lipinski definition) is 1. The number of hydrogen-bond acceptors (Lipinski definition) is 3. The second kappa shape index (κ2) is 6.33. The predicted octanol–water partition coefficient (Wildman–Crippen LogP) is 2.90. The third-order valence-electron chi connectivity index (χ3n) is 3.66. The molecule has 0 spiro atoms. The van der Waals surface area contributed by atoms with E-state index in [1.54, 1.807) is 12.1 Å². The molecule has 0 unspecified atom stereocenters. The van der Waals surface area contributed by atoms with Crippen LogP contribution in [-0.4, -0.2) is 38.2 Å². The lowest BCUT2D eigenvalue weighted by Gasteiger charge is -2.26. The molecular formula is C14H21ClN2O2S. The molecule has 0 amide bonds. The van der Waals surface area contributed by atoms with E-state index in [0.717, 1.165) is 31.4 Å². The van der Waals surface area contributed by atoms with Crippen molar-refractivity contribution < 1.29 is 8.42 Å². The summed E-state index contributed by atoms with van der Waals surface area (Å²) in [5.41, 5.74) is 0.959. The van der Waals surface area contributed by atoms with Gasteiger partial charge in [0.1, 0.15) is 0 Å². The van der Waals surface area contributed by atoms with E-state index in [1.165, 1.54) is 18.4 Å². The van der Waals surface area contributed by atoms with Crippen LogP contribution in [0.15, 0.2) is 29.2 Å². The fraction of sp³-hybridized carbons (Fsp3) is 0.571. The van der Waals surface area contributed by atoms with E-state index in [-0.39, 0.29) is 0 Å². The number of nitrogens with one attached hydrogen (secondary N) is 1. The molecule has 0 bridgehead atoms. The van der Waals surface area contributed by atoms with Crippen LogP contribution in [0, 0.1) is 0 Å². The van der Waals surface area contributed by atoms with Crippen LogP contribution in [0.4, 0.5) is 5.69 Å². The summed E-state index contributed by atoms with van der Waals surface area (Å²) in [5.74, 6) is 0. The quantitative estimate of drug-likeness (QED) is 0.869. The van der Waals surface area contributed by atoms with Crippen molar-refractivity contribution in [2.45, 2.75) is 42.0 Å². The largest absolute Gasteiger partial charge is 0.382 e. The summed E-state index contributed by atoms with van der Waals surface area (Å²) in [6.07, 6.45) is 4.19. The maximum absolute atomic E-state index is 12.0. The van der Waals surface area contributed by atoms with E-state index >= 15 is 0 Å². The van der Waals surface area contributed by atoms with E-state index < -0.39 is 10.0 Å². The van der Waals surface area contributed by atoms with Crippen molar-refractivity contribution in [3.63, 3.8) is 0 Å². The Hall–Kier alpha value is -0.780. The lowest BCUT2D eigenvalue weighted by Crippen LogP contribution is -2.26. The lowest BCUT2D eigenvalue weighted by molar-refractivity contribution is 0.468. The van der Waals surface area contributed by atoms with E-state index in [4.69, 9.17) is 11.6 Å². The Morgan fingerprint density at radius 3 is 2.15 bits per heavy atom. The first kappa shape index (κ1) is 15.6. The summed E-state index contributed by atoms with van der Waals surface area (Å²) < 4.78 is 25.1. The maximum atomic E-state index is 12.0. The highest BCUT2D eigenvalue weighted by Crippen LogP contribution is 2.26. The second-order valence-electron chi connectivity index (χ2n) is 5.41. The minimum atomic E-state index is -3.35. The molecule has 2 rings (SSSR count). The zero-order valence-electron chi connectivity index (χ0n) is 11.8. The molecule has 112 valence electrons. The SMILES string of the molecule is CN(C)S(=O)(=O)c1ccc(NC2CCC(Cl)CC2)cc1. The fourth-order valence-electron chi connectivity index (χ4n) is 2.37. The first-order valence-electron chi connectivity index (χ1n) is 6.83. The number of alkyl halides is 1. The molecule has 1 saturated carbocycles. The molecule has 1 N–H and O–H groups in total. The van der Waals surface area contributed by atoms with E-state index in [2.05, 4.69) is 5.32 Å². The monoisotopic (exact) mass is 316 g/mol. The Morgan fingerprint density at radius 2 is 1.65 bits per heavy atom. The van der Waals surface area contributed by atoms with Gasteiger partial charge in [-0.25, -0.2) is 12.7 Å². The van der Waals surface area contributed by atoms with Crippen LogP contribution in [0.5, 0.6) is 0 Å². The van der Waals surface area contributed by atoms with Gasteiger partial charge in [-0.05, 0) is 49.9 Å². The van der Waals surface area contributed by atoms with Crippen molar-refractivity contribution in [1.29, 1.82) is 0 Å². The first-order valence-corrected chi connectivity index (χ1v) is 8.70. The normalized spacial score (nSPS) is 23.8. The third-order valence-corrected chi connectivity index (χ3v) is 5.93. The summed E-state index contributed by atoms with van der Waals surface area (Å²) in [6.45, 7) is 0. The molecule has 0 aliphatic heterocycles. The minimum Gasteiger partial charge on any atom is -0.382 e. The van der Waals surface area contributed by atoms with Gasteiger partial charge in [0.25, 0.3) is 0 Å². The summed E-state index contributed by atoms with van der Waals surface area (Å²) >= 11 is 6.09. The van der Waals surface area contributed by atoms with E-state index in [0.29, 0.717) is 16.3 Å². The molecule has 0 heterocycles. The molecular weight excluding hydrogens is 296 g/mol. The Balaban J connectivity index is 2.02. The number of benzene rings is 1. The molecule has 4 nitrogen and oxygen atoms in total. The van der Waals surface area contributed by atoms with Crippen LogP contribution in [0.2, 0.25) is 0 Å². The molecule has 1 aromatic carbocycles. The number of sulfonamides is 1. The highest BCUT2D eigenvalue weighted by Gasteiger charge is 2.20. The minimum absolute atomic E-state index is 0.306. The van der Waals surface area contributed by atoms with E-state index in [9.17, 15) is 8.42 Å². The van der Waals surface area contributed by atoms with Gasteiger partial charge in [0, 0.05) is 31.2 Å². The number of halogens is 1. The number of nitrogens with zero attached hydrogens (tertiary/aromatic N) is 1. The van der Waals surface area contributed by atoms with Crippen molar-refractivity contribution in [3.8, 4) is 0 Å². The number of anilines is 1. The Labute approximate surface area is 126 Å². The molecule has 1 fully saturated rings. The second-order valence-corrected chi connectivity index (χ2v) is 8.17. The average molecular weight is 317 g/mol. The van der Waals surface area contributed by atoms with Crippen LogP contribution < -0.4 is 5.32 Å². The van der Waals surface area contributed by atoms with Gasteiger partial charge in [0.05, 0.1) is 4.90 Å². The van der Waals surface area contributed by atoms with Crippen LogP contribution in [-0.2, 0) is 10.0 Å². The van der Waals surface area contributed by atoms with Crippen LogP contribution in [0.25, 0.3) is 0 Å². The summed E-state index contributed by atoms with van der Waals surface area (Å²) in [6, 6.07) is 7.36. The molecule has 1 aliphatic carbocycles. The van der Waals surface area contributed by atoms with Gasteiger partial charge in [0.15, 0.2) is 0 Å². The molecule has 0 radical (unpaired) electrons. The Morgan fingerprint density at radius 1 is 1.10 bits per heavy atom. The highest BCUT2D eigenvalue weighted by atomic mass is 35.5. The molecule has 6 heteroatoms. The van der Waals surface area contributed by atoms with Crippen molar-refractivity contribution in [3.05, 3.63) is 24.3 Å². The van der Waals surface area contributed by atoms with Crippen LogP contribution >= 0.6 is 11.6 Å². The molecule has 0 atom stereocenters. The van der Waals surface area contributed by atoms with Gasteiger partial charge in [0.2, 0.25) is 10.0 Å². The highest BCUT2D eigenvalue weighted by molar-refractivity contribution is 7.89. The summed E-state index contributed by atoms with van der Waals surface area (Å²) in [4.78, 5) is 0.317. The van der Waals surface area contributed by atoms with Gasteiger partial charge in [-0.15, -0.1) is 11.6 Å². The molecule has 1 aromatic rings. The van der Waals surface area contributed by atoms with Crippen molar-refractivity contribution in [2.24, 2.45) is 0 Å². The molecule has 0 saturated heterocycles. The summed E-state index contributed by atoms with van der Waals surface area (Å²) in [5, 5.41) is 3.75. The van der Waals surface area contributed by atoms with Crippen molar-refractivity contribution >= 4 is 27.3 Å². The fourth-order valence-corrected chi connectivity index (χ4v) is 3.52. The smallest absolute Gasteiger partial charge is 0.242 e. The lowest BCUT2D eigenvalue weighted by atomic mass is 9.95. The first-order chi connectivity index (χ1) is 9.39. The topological polar surface area (TPSA) is 49.4 Å². The summed E-state index contributed by atoms with van der Waals surface area (Å²) in [7, 11) is -0.278. The third kappa shape index (κ3) is 3.65. The van der Waals surface area contributed by atoms with Gasteiger partial charge in [-0.3, -0.25) is 0 Å². The Bertz CT molecular complexity index is 535. The van der Waals surface area contributed by atoms with Gasteiger partial charge in [-0.1, -0.05) is 0 Å². The average Bonchev–Trinajstić information content (AvgIpc) is 2.42. The number of rotatable bonds is 4. The standard InChI is InChI=1S/C14H21ClN2O2S/c1-17(2)20(18,19)14-9-7-13(8-10-14)16-12-5-3-11(15)4-6-12/h7-12,16H,3-6H2,1-2H3. The van der Waals surface area contributed by atoms with Gasteiger partial charge >= 0.3 is 0 Å². The van der Waals surface area contributed by atoms with Crippen molar-refractivity contribution in [2.75, 3.05) is 19.4 Å². The van der Waals surface area contributed by atoms with Crippen molar-refractivity contribution in [1.82, 2.24) is 4.31 Å². The zero-order chi connectivity index (χ0) is 14.8. The van der Waals surface area contributed by atoms with Crippen LogP contribution in [0.3, 0.4) is 0 Å². The molecule has 1 aliphatic rings. The van der Waals surface area contributed by atoms with Gasteiger partial charge < -0.3 is 5.32 Å². The predicted molar refractivity (Wildman–Crippen MR) is 82.8 cm³/mol. The van der Waals surface area contributed by atoms with Crippen LogP contribution in [0.1, 0.15) is 25.7 Å². The zero-order valence-corrected chi connectivity index (χ0v) is 13.4. The molecule has 20 heavy (non-hydrogen) atoms. The van der Waals surface area contributed by atoms with E-state index in [1.807, 2.05) is 12.1 Å². The maximum Gasteiger partial charge on any atom is 0.242 e. The Kier molecular flexibility index (Phi) is 4.94. The molecule has 0 aromatic heterocycles. The van der Waals surface area contributed by atoms with Gasteiger partial charge in [-0.2, -0.15) is 0 Å².